The van der Waals surface area contributed by atoms with Crippen LogP contribution in [0, 0.1) is 3.57 Å². The molecule has 2 aromatic carbocycles. The van der Waals surface area contributed by atoms with E-state index in [4.69, 9.17) is 14.2 Å². The third kappa shape index (κ3) is 5.61. The Morgan fingerprint density at radius 2 is 1.45 bits per heavy atom. The topological polar surface area (TPSA) is 99.6 Å². The van der Waals surface area contributed by atoms with Gasteiger partial charge in [0.05, 0.1) is 3.57 Å². The number of carbonyl (C=O) groups is 1. The van der Waals surface area contributed by atoms with Crippen LogP contribution < -0.4 is 11.2 Å². The fraction of sp³-hybridized carbons (Fsp3) is 0.125. The van der Waals surface area contributed by atoms with E-state index in [9.17, 15) is 14.4 Å². The zero-order chi connectivity index (χ0) is 23.2. The maximum absolute atomic E-state index is 12.6. The summed E-state index contributed by atoms with van der Waals surface area (Å²) in [7, 11) is 0. The van der Waals surface area contributed by atoms with Crippen molar-refractivity contribution in [3.63, 3.8) is 0 Å². The summed E-state index contributed by atoms with van der Waals surface area (Å²) >= 11 is 1.84. The fourth-order valence-corrected chi connectivity index (χ4v) is 3.52. The number of benzene rings is 2. The number of halogens is 1. The summed E-state index contributed by atoms with van der Waals surface area (Å²) in [4.78, 5) is 38.5. The van der Waals surface area contributed by atoms with Crippen LogP contribution in [0.25, 0.3) is 0 Å². The Balaban J connectivity index is 1.61. The second kappa shape index (κ2) is 10.3. The average molecular weight is 558 g/mol. The lowest BCUT2D eigenvalue weighted by Crippen LogP contribution is -2.30. The second-order valence-electron chi connectivity index (χ2n) is 7.05. The minimum atomic E-state index is -0.677. The maximum atomic E-state index is 12.6. The molecule has 1 aromatic heterocycles. The van der Waals surface area contributed by atoms with Gasteiger partial charge in [0.25, 0.3) is 11.3 Å². The lowest BCUT2D eigenvalue weighted by molar-refractivity contribution is -0.136. The smallest absolute Gasteiger partial charge is 0.383 e. The third-order valence-corrected chi connectivity index (χ3v) is 5.48. The molecule has 2 heterocycles. The van der Waals surface area contributed by atoms with E-state index in [1.807, 2.05) is 83.3 Å². The highest BCUT2D eigenvalue weighted by Crippen LogP contribution is 2.30. The number of hydrogen-bond acceptors (Lipinski definition) is 6. The molecule has 0 saturated heterocycles. The molecule has 0 unspecified atom stereocenters. The quantitative estimate of drug-likeness (QED) is 0.337. The first-order chi connectivity index (χ1) is 16.0. The van der Waals surface area contributed by atoms with Gasteiger partial charge in [0, 0.05) is 12.7 Å². The zero-order valence-electron chi connectivity index (χ0n) is 17.3. The van der Waals surface area contributed by atoms with Crippen LogP contribution in [0.3, 0.4) is 0 Å². The Kier molecular flexibility index (Phi) is 7.08. The van der Waals surface area contributed by atoms with Gasteiger partial charge in [-0.1, -0.05) is 60.7 Å². The lowest BCUT2D eigenvalue weighted by atomic mass is 10.2. The molecule has 168 valence electrons. The van der Waals surface area contributed by atoms with Gasteiger partial charge in [0.1, 0.15) is 13.2 Å². The standard InChI is InChI=1S/C24H19IN2O6/c25-18-13-27(24(30)26-22(18)28)12-11-19-20(31-14-16-7-3-1-4-8-16)21(23(29)33-19)32-15-17-9-5-2-6-10-17/h1-11,13H,12,14-15H2,(H,26,28,30)/b19-11-. The van der Waals surface area contributed by atoms with Crippen molar-refractivity contribution in [3.05, 3.63) is 126 Å². The number of nitrogens with zero attached hydrogens (tertiary/aromatic N) is 1. The van der Waals surface area contributed by atoms with Crippen LogP contribution in [0.15, 0.2) is 99.8 Å². The van der Waals surface area contributed by atoms with Gasteiger partial charge in [-0.2, -0.15) is 0 Å². The van der Waals surface area contributed by atoms with Crippen molar-refractivity contribution in [3.8, 4) is 0 Å². The first kappa shape index (κ1) is 22.6. The molecule has 0 spiro atoms. The Morgan fingerprint density at radius 3 is 2.06 bits per heavy atom. The van der Waals surface area contributed by atoms with Crippen molar-refractivity contribution in [2.75, 3.05) is 0 Å². The predicted molar refractivity (Wildman–Crippen MR) is 128 cm³/mol. The number of aromatic nitrogens is 2. The molecule has 0 radical (unpaired) electrons. The molecule has 1 aliphatic rings. The van der Waals surface area contributed by atoms with Crippen LogP contribution in [0.2, 0.25) is 0 Å². The number of allylic oxidation sites excluding steroid dienone is 1. The molecule has 1 N–H and O–H groups in total. The van der Waals surface area contributed by atoms with Gasteiger partial charge in [0.2, 0.25) is 5.76 Å². The summed E-state index contributed by atoms with van der Waals surface area (Å²) in [6, 6.07) is 18.9. The van der Waals surface area contributed by atoms with Gasteiger partial charge < -0.3 is 14.2 Å². The number of aromatic amines is 1. The molecule has 8 nitrogen and oxygen atoms in total. The number of H-pyrrole nitrogens is 1. The normalized spacial score (nSPS) is 14.5. The van der Waals surface area contributed by atoms with Gasteiger partial charge >= 0.3 is 11.7 Å². The summed E-state index contributed by atoms with van der Waals surface area (Å²) in [5, 5.41) is 0. The molecule has 0 amide bonds. The highest BCUT2D eigenvalue weighted by atomic mass is 127. The summed E-state index contributed by atoms with van der Waals surface area (Å²) in [6.07, 6.45) is 2.96. The van der Waals surface area contributed by atoms with Crippen LogP contribution in [0.1, 0.15) is 11.1 Å². The number of hydrogen-bond donors (Lipinski definition) is 1. The van der Waals surface area contributed by atoms with Crippen LogP contribution in [-0.2, 0) is 38.8 Å². The number of cyclic esters (lactones) is 1. The molecule has 0 bridgehead atoms. The molecule has 9 heteroatoms. The second-order valence-corrected chi connectivity index (χ2v) is 8.22. The van der Waals surface area contributed by atoms with Crippen molar-refractivity contribution in [1.29, 1.82) is 0 Å². The van der Waals surface area contributed by atoms with Gasteiger partial charge in [-0.25, -0.2) is 9.59 Å². The monoisotopic (exact) mass is 558 g/mol. The minimum absolute atomic E-state index is 0.0376. The van der Waals surface area contributed by atoms with E-state index in [0.29, 0.717) is 3.57 Å². The highest BCUT2D eigenvalue weighted by molar-refractivity contribution is 14.1. The summed E-state index contributed by atoms with van der Waals surface area (Å²) in [5.41, 5.74) is 0.752. The number of esters is 1. The van der Waals surface area contributed by atoms with E-state index >= 15 is 0 Å². The number of ether oxygens (including phenoxy) is 3. The van der Waals surface area contributed by atoms with Crippen LogP contribution >= 0.6 is 22.6 Å². The fourth-order valence-electron chi connectivity index (χ4n) is 3.05. The summed E-state index contributed by atoms with van der Waals surface area (Å²) in [6.45, 7) is 0.408. The summed E-state index contributed by atoms with van der Waals surface area (Å²) < 4.78 is 18.7. The third-order valence-electron chi connectivity index (χ3n) is 4.71. The first-order valence-corrected chi connectivity index (χ1v) is 11.1. The van der Waals surface area contributed by atoms with E-state index in [-0.39, 0.29) is 37.0 Å². The first-order valence-electron chi connectivity index (χ1n) is 10.0. The van der Waals surface area contributed by atoms with Crippen LogP contribution in [0.4, 0.5) is 0 Å². The Hall–Kier alpha value is -3.60. The molecule has 3 aromatic rings. The number of nitrogens with one attached hydrogen (secondary N) is 1. The van der Waals surface area contributed by atoms with E-state index in [2.05, 4.69) is 4.98 Å². The Morgan fingerprint density at radius 1 is 0.879 bits per heavy atom. The van der Waals surface area contributed by atoms with Crippen molar-refractivity contribution < 1.29 is 19.0 Å². The van der Waals surface area contributed by atoms with Crippen molar-refractivity contribution >= 4 is 28.6 Å². The van der Waals surface area contributed by atoms with E-state index in [1.165, 1.54) is 16.8 Å². The molecule has 0 aliphatic carbocycles. The van der Waals surface area contributed by atoms with Crippen LogP contribution in [0.5, 0.6) is 0 Å². The maximum Gasteiger partial charge on any atom is 0.383 e. The largest absolute Gasteiger partial charge is 0.481 e. The van der Waals surface area contributed by atoms with Gasteiger partial charge in [0.15, 0.2) is 5.76 Å². The SMILES string of the molecule is O=C1O/C(=C\Cn2cc(I)c(=O)[nH]c2=O)C(OCc2ccccc2)=C1OCc1ccccc1. The van der Waals surface area contributed by atoms with Crippen molar-refractivity contribution in [1.82, 2.24) is 9.55 Å². The molecule has 0 atom stereocenters. The zero-order valence-corrected chi connectivity index (χ0v) is 19.5. The van der Waals surface area contributed by atoms with Crippen LogP contribution in [-0.4, -0.2) is 15.5 Å². The molecule has 0 saturated carbocycles. The molecule has 0 fully saturated rings. The number of rotatable bonds is 8. The summed E-state index contributed by atoms with van der Waals surface area (Å²) in [5.74, 6) is -0.410. The average Bonchev–Trinajstić information content (AvgIpc) is 3.13. The molecular formula is C24H19IN2O6. The lowest BCUT2D eigenvalue weighted by Gasteiger charge is -2.10. The molecule has 33 heavy (non-hydrogen) atoms. The minimum Gasteiger partial charge on any atom is -0.481 e. The Bertz CT molecular complexity index is 1330. The van der Waals surface area contributed by atoms with E-state index in [1.54, 1.807) is 0 Å². The van der Waals surface area contributed by atoms with E-state index in [0.717, 1.165) is 11.1 Å². The molecule has 1 aliphatic heterocycles. The predicted octanol–water partition coefficient (Wildman–Crippen LogP) is 3.23. The Labute approximate surface area is 202 Å². The van der Waals surface area contributed by atoms with Crippen molar-refractivity contribution in [2.24, 2.45) is 0 Å². The molecule has 4 rings (SSSR count). The molecular weight excluding hydrogens is 539 g/mol. The van der Waals surface area contributed by atoms with Gasteiger partial charge in [-0.05, 0) is 39.8 Å². The highest BCUT2D eigenvalue weighted by Gasteiger charge is 2.34. The van der Waals surface area contributed by atoms with E-state index < -0.39 is 17.2 Å². The van der Waals surface area contributed by atoms with Gasteiger partial charge in [-0.15, -0.1) is 0 Å². The van der Waals surface area contributed by atoms with Gasteiger partial charge in [-0.3, -0.25) is 14.3 Å². The van der Waals surface area contributed by atoms with Crippen molar-refractivity contribution in [2.45, 2.75) is 19.8 Å². The number of carbonyl (C=O) groups excluding carboxylic acids is 1.